The van der Waals surface area contributed by atoms with Crippen LogP contribution in [0.3, 0.4) is 0 Å². The number of carbonyl (C=O) groups excluding carboxylic acids is 1. The van der Waals surface area contributed by atoms with Crippen LogP contribution in [0.2, 0.25) is 0 Å². The van der Waals surface area contributed by atoms with E-state index < -0.39 is 0 Å². The van der Waals surface area contributed by atoms with Crippen LogP contribution < -0.4 is 5.49 Å². The summed E-state index contributed by atoms with van der Waals surface area (Å²) in [5.74, 6) is 0.613. The first-order chi connectivity index (χ1) is 13.1. The van der Waals surface area contributed by atoms with Gasteiger partial charge in [-0.25, -0.2) is 9.98 Å². The third-order valence-corrected chi connectivity index (χ3v) is 4.93. The highest BCUT2D eigenvalue weighted by molar-refractivity contribution is 6.11. The van der Waals surface area contributed by atoms with E-state index >= 15 is 0 Å². The van der Waals surface area contributed by atoms with Gasteiger partial charge in [-0.05, 0) is 44.2 Å². The smallest absolute Gasteiger partial charge is 0.264 e. The second-order valence-corrected chi connectivity index (χ2v) is 6.91. The van der Waals surface area contributed by atoms with E-state index in [0.717, 1.165) is 27.7 Å². The minimum Gasteiger partial charge on any atom is -0.268 e. The fourth-order valence-corrected chi connectivity index (χ4v) is 3.55. The lowest BCUT2D eigenvalue weighted by molar-refractivity contribution is 0.0972. The Hall–Kier alpha value is -3.53. The van der Waals surface area contributed by atoms with Crippen LogP contribution in [-0.2, 0) is 0 Å². The summed E-state index contributed by atoms with van der Waals surface area (Å²) in [6, 6.07) is 21.7. The van der Waals surface area contributed by atoms with E-state index in [4.69, 9.17) is 9.98 Å². The molecule has 3 aromatic carbocycles. The molecule has 27 heavy (non-hydrogen) atoms. The number of carbonyl (C=O) groups is 1. The summed E-state index contributed by atoms with van der Waals surface area (Å²) in [6.07, 6.45) is 0. The van der Waals surface area contributed by atoms with Crippen molar-refractivity contribution >= 4 is 22.5 Å². The molecule has 0 N–H and O–H groups in total. The summed E-state index contributed by atoms with van der Waals surface area (Å²) in [6.45, 7) is 4.08. The average molecular weight is 351 g/mol. The summed E-state index contributed by atoms with van der Waals surface area (Å²) in [5, 5.41) is 0.875. The van der Waals surface area contributed by atoms with Crippen LogP contribution in [0, 0.1) is 13.8 Å². The Labute approximate surface area is 156 Å². The summed E-state index contributed by atoms with van der Waals surface area (Å²) in [7, 11) is 0. The molecule has 0 unspecified atom stereocenters. The number of nitrogens with zero attached hydrogens (tertiary/aromatic N) is 3. The lowest BCUT2D eigenvalue weighted by Gasteiger charge is -2.09. The Bertz CT molecular complexity index is 1300. The van der Waals surface area contributed by atoms with Crippen molar-refractivity contribution in [3.8, 4) is 11.4 Å². The molecule has 4 heteroatoms. The number of aromatic nitrogens is 2. The lowest BCUT2D eigenvalue weighted by Crippen LogP contribution is -2.18. The zero-order valence-corrected chi connectivity index (χ0v) is 15.1. The fourth-order valence-electron chi connectivity index (χ4n) is 3.55. The minimum absolute atomic E-state index is 0.0381. The SMILES string of the molecule is Cc1ccc(N=c2nc3n(c4ccc(C)cc24)C(=O)c2ccccc2-3)cc1. The van der Waals surface area contributed by atoms with Crippen LogP contribution in [0.4, 0.5) is 5.69 Å². The van der Waals surface area contributed by atoms with Crippen LogP contribution >= 0.6 is 0 Å². The molecule has 1 aromatic heterocycles. The molecule has 130 valence electrons. The lowest BCUT2D eigenvalue weighted by atomic mass is 10.1. The van der Waals surface area contributed by atoms with Gasteiger partial charge in [0, 0.05) is 10.9 Å². The van der Waals surface area contributed by atoms with E-state index in [9.17, 15) is 4.79 Å². The number of hydrogen-bond acceptors (Lipinski definition) is 3. The minimum atomic E-state index is -0.0381. The fraction of sp³-hybridized carbons (Fsp3) is 0.0870. The Balaban J connectivity index is 1.89. The van der Waals surface area contributed by atoms with Gasteiger partial charge >= 0.3 is 0 Å². The van der Waals surface area contributed by atoms with Crippen LogP contribution in [0.1, 0.15) is 21.5 Å². The van der Waals surface area contributed by atoms with Crippen LogP contribution in [-0.4, -0.2) is 15.5 Å². The number of aryl methyl sites for hydroxylation is 2. The predicted octanol–water partition coefficient (Wildman–Crippen LogP) is 4.55. The highest BCUT2D eigenvalue weighted by atomic mass is 16.2. The van der Waals surface area contributed by atoms with Gasteiger partial charge in [-0.2, -0.15) is 0 Å². The molecule has 4 nitrogen and oxygen atoms in total. The number of rotatable bonds is 1. The van der Waals surface area contributed by atoms with E-state index in [0.29, 0.717) is 16.9 Å². The summed E-state index contributed by atoms with van der Waals surface area (Å²) in [4.78, 5) is 22.6. The van der Waals surface area contributed by atoms with E-state index in [1.165, 1.54) is 5.56 Å². The molecular weight excluding hydrogens is 334 g/mol. The van der Waals surface area contributed by atoms with Crippen LogP contribution in [0.15, 0.2) is 71.7 Å². The van der Waals surface area contributed by atoms with Crippen LogP contribution in [0.5, 0.6) is 0 Å². The van der Waals surface area contributed by atoms with Crippen molar-refractivity contribution in [2.45, 2.75) is 13.8 Å². The van der Waals surface area contributed by atoms with Crippen molar-refractivity contribution in [3.05, 3.63) is 88.9 Å². The first-order valence-electron chi connectivity index (χ1n) is 8.91. The summed E-state index contributed by atoms with van der Waals surface area (Å²) < 4.78 is 1.70. The Kier molecular flexibility index (Phi) is 3.34. The zero-order valence-electron chi connectivity index (χ0n) is 15.1. The average Bonchev–Trinajstić information content (AvgIpc) is 2.96. The molecule has 0 amide bonds. The van der Waals surface area contributed by atoms with Crippen molar-refractivity contribution < 1.29 is 4.79 Å². The van der Waals surface area contributed by atoms with Gasteiger partial charge in [-0.15, -0.1) is 0 Å². The van der Waals surface area contributed by atoms with Gasteiger partial charge in [0.05, 0.1) is 16.8 Å². The summed E-state index contributed by atoms with van der Waals surface area (Å²) >= 11 is 0. The van der Waals surface area contributed by atoms with E-state index in [-0.39, 0.29) is 5.91 Å². The van der Waals surface area contributed by atoms with Crippen molar-refractivity contribution in [1.29, 1.82) is 0 Å². The Morgan fingerprint density at radius 3 is 2.33 bits per heavy atom. The quantitative estimate of drug-likeness (QED) is 0.445. The molecule has 0 radical (unpaired) electrons. The second-order valence-electron chi connectivity index (χ2n) is 6.91. The van der Waals surface area contributed by atoms with Crippen molar-refractivity contribution in [2.75, 3.05) is 0 Å². The molecule has 0 bridgehead atoms. The van der Waals surface area contributed by atoms with Gasteiger partial charge in [0.25, 0.3) is 5.91 Å². The third kappa shape index (κ3) is 2.41. The number of fused-ring (bicyclic) bond motifs is 5. The highest BCUT2D eigenvalue weighted by Crippen LogP contribution is 2.32. The molecule has 4 aromatic rings. The molecule has 0 atom stereocenters. The Morgan fingerprint density at radius 1 is 0.852 bits per heavy atom. The molecular formula is C23H17N3O. The van der Waals surface area contributed by atoms with E-state index in [2.05, 4.69) is 6.92 Å². The van der Waals surface area contributed by atoms with Crippen molar-refractivity contribution in [3.63, 3.8) is 0 Å². The first-order valence-corrected chi connectivity index (χ1v) is 8.91. The highest BCUT2D eigenvalue weighted by Gasteiger charge is 2.28. The topological polar surface area (TPSA) is 47.2 Å². The largest absolute Gasteiger partial charge is 0.268 e. The van der Waals surface area contributed by atoms with Crippen molar-refractivity contribution in [1.82, 2.24) is 9.55 Å². The molecule has 5 rings (SSSR count). The molecule has 1 aliphatic heterocycles. The van der Waals surface area contributed by atoms with Gasteiger partial charge in [0.2, 0.25) is 0 Å². The third-order valence-electron chi connectivity index (χ3n) is 4.93. The Morgan fingerprint density at radius 2 is 1.56 bits per heavy atom. The van der Waals surface area contributed by atoms with Gasteiger partial charge in [0.15, 0.2) is 11.3 Å². The number of hydrogen-bond donors (Lipinski definition) is 0. The van der Waals surface area contributed by atoms with E-state index in [1.54, 1.807) is 4.57 Å². The molecule has 0 aliphatic carbocycles. The molecule has 0 saturated carbocycles. The number of benzene rings is 3. The maximum absolute atomic E-state index is 13.0. The normalized spacial score (nSPS) is 13.1. The molecule has 1 aliphatic rings. The van der Waals surface area contributed by atoms with Gasteiger partial charge in [0.1, 0.15) is 0 Å². The second kappa shape index (κ2) is 5.74. The maximum atomic E-state index is 13.0. The standard InChI is InChI=1S/C23H17N3O/c1-14-7-10-16(11-8-14)24-21-19-13-15(2)9-12-20(19)26-22(25-21)17-5-3-4-6-18(17)23(26)27/h3-13H,1-2H3. The molecule has 0 spiro atoms. The van der Waals surface area contributed by atoms with Gasteiger partial charge in [-0.1, -0.05) is 47.5 Å². The monoisotopic (exact) mass is 351 g/mol. The maximum Gasteiger partial charge on any atom is 0.264 e. The zero-order chi connectivity index (χ0) is 18.5. The summed E-state index contributed by atoms with van der Waals surface area (Å²) in [5.41, 5.74) is 6.13. The first kappa shape index (κ1) is 15.7. The van der Waals surface area contributed by atoms with Gasteiger partial charge in [-0.3, -0.25) is 9.36 Å². The molecule has 2 heterocycles. The van der Waals surface area contributed by atoms with Crippen molar-refractivity contribution in [2.24, 2.45) is 4.99 Å². The molecule has 0 saturated heterocycles. The molecule has 0 fully saturated rings. The predicted molar refractivity (Wildman–Crippen MR) is 106 cm³/mol. The van der Waals surface area contributed by atoms with Crippen LogP contribution in [0.25, 0.3) is 22.3 Å². The van der Waals surface area contributed by atoms with Gasteiger partial charge < -0.3 is 0 Å². The van der Waals surface area contributed by atoms with E-state index in [1.807, 2.05) is 73.7 Å².